The van der Waals surface area contributed by atoms with Gasteiger partial charge in [-0.1, -0.05) is 24.6 Å². The molecule has 76 valence electrons. The van der Waals surface area contributed by atoms with Crippen LogP contribution in [0.5, 0.6) is 0 Å². The summed E-state index contributed by atoms with van der Waals surface area (Å²) in [6, 6.07) is 4.42. The molecule has 2 rings (SSSR count). The zero-order chi connectivity index (χ0) is 10.5. The quantitative estimate of drug-likeness (QED) is 0.667. The van der Waals surface area contributed by atoms with Crippen LogP contribution < -0.4 is 0 Å². The molecule has 0 fully saturated rings. The maximum atomic E-state index is 10.2. The highest BCUT2D eigenvalue weighted by molar-refractivity contribution is 5.46. The van der Waals surface area contributed by atoms with Gasteiger partial charge in [0.2, 0.25) is 0 Å². The number of benzene rings is 1. The lowest BCUT2D eigenvalue weighted by molar-refractivity contribution is 0.0487. The lowest BCUT2D eigenvalue weighted by atomic mass is 9.91. The van der Waals surface area contributed by atoms with Crippen molar-refractivity contribution in [1.29, 1.82) is 0 Å². The smallest absolute Gasteiger partial charge is 0.0725 e. The highest BCUT2D eigenvalue weighted by Gasteiger charge is 2.38. The second kappa shape index (κ2) is 2.83. The summed E-state index contributed by atoms with van der Waals surface area (Å²) in [5.74, 6) is 0.260. The summed E-state index contributed by atoms with van der Waals surface area (Å²) < 4.78 is 0. The van der Waals surface area contributed by atoms with Crippen molar-refractivity contribution in [2.75, 3.05) is 0 Å². The van der Waals surface area contributed by atoms with Gasteiger partial charge < -0.3 is 5.11 Å². The summed E-state index contributed by atoms with van der Waals surface area (Å²) in [6.07, 6.45) is 0.801. The van der Waals surface area contributed by atoms with Gasteiger partial charge in [-0.2, -0.15) is 0 Å². The van der Waals surface area contributed by atoms with Gasteiger partial charge in [-0.3, -0.25) is 0 Å². The summed E-state index contributed by atoms with van der Waals surface area (Å²) in [6.45, 7) is 8.31. The fourth-order valence-electron chi connectivity index (χ4n) is 2.50. The van der Waals surface area contributed by atoms with E-state index in [4.69, 9.17) is 0 Å². The van der Waals surface area contributed by atoms with Crippen LogP contribution in [0.2, 0.25) is 0 Å². The molecule has 1 aliphatic carbocycles. The molecule has 0 saturated heterocycles. The molecule has 2 unspecified atom stereocenters. The van der Waals surface area contributed by atoms with E-state index in [9.17, 15) is 5.11 Å². The molecule has 0 saturated carbocycles. The molecule has 1 aromatic carbocycles. The number of aliphatic hydroxyl groups is 1. The minimum atomic E-state index is -0.555. The highest BCUT2D eigenvalue weighted by Crippen LogP contribution is 2.42. The van der Waals surface area contributed by atoms with Gasteiger partial charge >= 0.3 is 0 Å². The lowest BCUT2D eigenvalue weighted by Crippen LogP contribution is -2.27. The number of hydrogen-bond donors (Lipinski definition) is 1. The molecule has 0 spiro atoms. The topological polar surface area (TPSA) is 20.2 Å². The van der Waals surface area contributed by atoms with Crippen LogP contribution in [0, 0.1) is 13.8 Å². The maximum Gasteiger partial charge on any atom is 0.0725 e. The molecule has 0 heterocycles. The minimum Gasteiger partial charge on any atom is -0.389 e. The minimum absolute atomic E-state index is 0.260. The predicted molar refractivity (Wildman–Crippen MR) is 58.7 cm³/mol. The molecular formula is C13H18O. The van der Waals surface area contributed by atoms with Crippen molar-refractivity contribution in [2.45, 2.75) is 45.6 Å². The molecule has 1 N–H and O–H groups in total. The van der Waals surface area contributed by atoms with E-state index in [2.05, 4.69) is 32.9 Å². The molecule has 1 heteroatoms. The average molecular weight is 190 g/mol. The first-order valence-corrected chi connectivity index (χ1v) is 5.24. The van der Waals surface area contributed by atoms with Crippen molar-refractivity contribution < 1.29 is 5.11 Å². The van der Waals surface area contributed by atoms with E-state index in [1.807, 2.05) is 6.92 Å². The molecule has 0 aromatic heterocycles. The Bertz CT molecular complexity index is 377. The van der Waals surface area contributed by atoms with Gasteiger partial charge in [0.15, 0.2) is 0 Å². The first-order valence-electron chi connectivity index (χ1n) is 5.24. The van der Waals surface area contributed by atoms with E-state index in [-0.39, 0.29) is 5.92 Å². The normalized spacial score (nSPS) is 30.5. The molecule has 1 nitrogen and oxygen atoms in total. The van der Waals surface area contributed by atoms with Gasteiger partial charge in [-0.15, -0.1) is 0 Å². The first kappa shape index (κ1) is 9.72. The monoisotopic (exact) mass is 190 g/mol. The van der Waals surface area contributed by atoms with Crippen LogP contribution in [0.1, 0.15) is 42.0 Å². The number of rotatable bonds is 0. The third-order valence-electron chi connectivity index (χ3n) is 3.59. The van der Waals surface area contributed by atoms with E-state index in [0.29, 0.717) is 0 Å². The van der Waals surface area contributed by atoms with E-state index >= 15 is 0 Å². The fourth-order valence-corrected chi connectivity index (χ4v) is 2.50. The van der Waals surface area contributed by atoms with Crippen LogP contribution in [0.15, 0.2) is 12.1 Å². The summed E-state index contributed by atoms with van der Waals surface area (Å²) in [5.41, 5.74) is 4.76. The molecule has 2 atom stereocenters. The molecular weight excluding hydrogens is 172 g/mol. The molecule has 1 aliphatic rings. The Hall–Kier alpha value is -0.820. The molecule has 14 heavy (non-hydrogen) atoms. The second-order valence-electron chi connectivity index (χ2n) is 4.91. The Morgan fingerprint density at radius 1 is 1.36 bits per heavy atom. The van der Waals surface area contributed by atoms with Gasteiger partial charge in [0.25, 0.3) is 0 Å². The Kier molecular flexibility index (Phi) is 1.97. The van der Waals surface area contributed by atoms with Gasteiger partial charge in [0, 0.05) is 12.3 Å². The predicted octanol–water partition coefficient (Wildman–Crippen LogP) is 2.71. The lowest BCUT2D eigenvalue weighted by Gasteiger charge is -2.22. The van der Waals surface area contributed by atoms with Gasteiger partial charge in [0.1, 0.15) is 0 Å². The van der Waals surface area contributed by atoms with E-state index < -0.39 is 5.60 Å². The Labute approximate surface area is 85.8 Å². The van der Waals surface area contributed by atoms with Crippen molar-refractivity contribution in [3.05, 3.63) is 34.4 Å². The molecule has 0 radical (unpaired) electrons. The largest absolute Gasteiger partial charge is 0.389 e. The Morgan fingerprint density at radius 2 is 2.00 bits per heavy atom. The second-order valence-corrected chi connectivity index (χ2v) is 4.91. The Balaban J connectivity index is 2.59. The molecule has 0 aliphatic heterocycles. The van der Waals surface area contributed by atoms with Crippen molar-refractivity contribution in [3.63, 3.8) is 0 Å². The third-order valence-corrected chi connectivity index (χ3v) is 3.59. The molecule has 0 amide bonds. The summed E-state index contributed by atoms with van der Waals surface area (Å²) in [5, 5.41) is 10.2. The Morgan fingerprint density at radius 3 is 2.64 bits per heavy atom. The first-order chi connectivity index (χ1) is 6.42. The highest BCUT2D eigenvalue weighted by atomic mass is 16.3. The SMILES string of the molecule is Cc1cc(C)c2c(c1)C(C)C(C)(O)C2. The van der Waals surface area contributed by atoms with Gasteiger partial charge in [-0.25, -0.2) is 0 Å². The zero-order valence-electron chi connectivity index (χ0n) is 9.39. The average Bonchev–Trinajstić information content (AvgIpc) is 2.28. The van der Waals surface area contributed by atoms with Crippen LogP contribution >= 0.6 is 0 Å². The van der Waals surface area contributed by atoms with Crippen LogP contribution in [0.4, 0.5) is 0 Å². The number of aryl methyl sites for hydroxylation is 2. The summed E-state index contributed by atoms with van der Waals surface area (Å²) in [7, 11) is 0. The fraction of sp³-hybridized carbons (Fsp3) is 0.538. The van der Waals surface area contributed by atoms with E-state index in [1.165, 1.54) is 22.3 Å². The van der Waals surface area contributed by atoms with Crippen molar-refractivity contribution >= 4 is 0 Å². The molecule has 0 bridgehead atoms. The van der Waals surface area contributed by atoms with E-state index in [1.54, 1.807) is 0 Å². The van der Waals surface area contributed by atoms with Crippen LogP contribution in [-0.2, 0) is 6.42 Å². The van der Waals surface area contributed by atoms with Crippen LogP contribution in [0.25, 0.3) is 0 Å². The van der Waals surface area contributed by atoms with Crippen LogP contribution in [0.3, 0.4) is 0 Å². The number of fused-ring (bicyclic) bond motifs is 1. The summed E-state index contributed by atoms with van der Waals surface area (Å²) in [4.78, 5) is 0. The van der Waals surface area contributed by atoms with Crippen LogP contribution in [-0.4, -0.2) is 10.7 Å². The van der Waals surface area contributed by atoms with Crippen molar-refractivity contribution in [1.82, 2.24) is 0 Å². The third kappa shape index (κ3) is 1.27. The molecule has 1 aromatic rings. The van der Waals surface area contributed by atoms with Gasteiger partial charge in [-0.05, 0) is 37.5 Å². The van der Waals surface area contributed by atoms with E-state index in [0.717, 1.165) is 6.42 Å². The maximum absolute atomic E-state index is 10.2. The standard InChI is InChI=1S/C13H18O/c1-8-5-9(2)12-7-13(4,14)10(3)11(12)6-8/h5-6,10,14H,7H2,1-4H3. The summed E-state index contributed by atoms with van der Waals surface area (Å²) >= 11 is 0. The number of hydrogen-bond acceptors (Lipinski definition) is 1. The zero-order valence-corrected chi connectivity index (χ0v) is 9.39. The van der Waals surface area contributed by atoms with Crippen molar-refractivity contribution in [3.8, 4) is 0 Å². The van der Waals surface area contributed by atoms with Gasteiger partial charge in [0.05, 0.1) is 5.60 Å². The van der Waals surface area contributed by atoms with Crippen molar-refractivity contribution in [2.24, 2.45) is 0 Å².